The number of carbonyl (C=O) groups excluding carboxylic acids is 2. The normalized spacial score (nSPS) is 12.0. The van der Waals surface area contributed by atoms with Crippen molar-refractivity contribution in [3.63, 3.8) is 0 Å². The van der Waals surface area contributed by atoms with Crippen LogP contribution in [0.3, 0.4) is 0 Å². The molecule has 1 aromatic carbocycles. The molecule has 7 heteroatoms. The summed E-state index contributed by atoms with van der Waals surface area (Å²) < 4.78 is 1.78. The number of hydrogen-bond acceptors (Lipinski definition) is 3. The van der Waals surface area contributed by atoms with Crippen LogP contribution in [0.2, 0.25) is 0 Å². The van der Waals surface area contributed by atoms with E-state index >= 15 is 0 Å². The maximum Gasteiger partial charge on any atom is 0.305 e. The Hall–Kier alpha value is -2.83. The van der Waals surface area contributed by atoms with Crippen molar-refractivity contribution < 1.29 is 19.5 Å². The second-order valence-electron chi connectivity index (χ2n) is 5.78. The lowest BCUT2D eigenvalue weighted by Gasteiger charge is -2.14. The molecule has 7 nitrogen and oxygen atoms in total. The summed E-state index contributed by atoms with van der Waals surface area (Å²) in [5, 5.41) is 14.6. The average molecular weight is 331 g/mol. The van der Waals surface area contributed by atoms with Gasteiger partial charge in [-0.1, -0.05) is 11.6 Å². The number of nitrogens with zero attached hydrogens (tertiary/aromatic N) is 1. The summed E-state index contributed by atoms with van der Waals surface area (Å²) in [5.41, 5.74) is 2.50. The smallest absolute Gasteiger partial charge is 0.305 e. The minimum Gasteiger partial charge on any atom is -0.481 e. The Morgan fingerprint density at radius 2 is 1.96 bits per heavy atom. The highest BCUT2D eigenvalue weighted by atomic mass is 16.4. The third-order valence-electron chi connectivity index (χ3n) is 3.81. The van der Waals surface area contributed by atoms with Gasteiger partial charge in [-0.25, -0.2) is 0 Å². The first kappa shape index (κ1) is 17.5. The third kappa shape index (κ3) is 3.92. The largest absolute Gasteiger partial charge is 0.481 e. The van der Waals surface area contributed by atoms with Crippen LogP contribution in [0.15, 0.2) is 24.3 Å². The zero-order valence-electron chi connectivity index (χ0n) is 13.9. The van der Waals surface area contributed by atoms with Crippen molar-refractivity contribution in [3.8, 4) is 0 Å². The number of hydrogen-bond donors (Lipinski definition) is 3. The molecule has 0 aliphatic heterocycles. The van der Waals surface area contributed by atoms with Crippen molar-refractivity contribution >= 4 is 28.7 Å². The van der Waals surface area contributed by atoms with E-state index in [-0.39, 0.29) is 18.9 Å². The van der Waals surface area contributed by atoms with Crippen molar-refractivity contribution in [2.24, 2.45) is 7.05 Å². The number of carbonyl (C=O) groups is 3. The molecular formula is C17H21N3O4. The molecule has 1 aromatic heterocycles. The fourth-order valence-electron chi connectivity index (χ4n) is 2.47. The fourth-order valence-corrected chi connectivity index (χ4v) is 2.47. The van der Waals surface area contributed by atoms with Crippen LogP contribution in [0.4, 0.5) is 0 Å². The van der Waals surface area contributed by atoms with E-state index in [0.717, 1.165) is 16.5 Å². The molecule has 2 amide bonds. The van der Waals surface area contributed by atoms with Crippen molar-refractivity contribution in [2.45, 2.75) is 26.3 Å². The summed E-state index contributed by atoms with van der Waals surface area (Å²) in [6.45, 7) is 3.57. The number of amides is 2. The molecule has 2 aromatic rings. The van der Waals surface area contributed by atoms with Gasteiger partial charge < -0.3 is 20.3 Å². The maximum atomic E-state index is 12.4. The Balaban J connectivity index is 2.05. The van der Waals surface area contributed by atoms with E-state index in [4.69, 9.17) is 5.11 Å². The molecule has 2 rings (SSSR count). The first-order chi connectivity index (χ1) is 11.3. The van der Waals surface area contributed by atoms with E-state index in [1.807, 2.05) is 25.1 Å². The Morgan fingerprint density at radius 1 is 1.25 bits per heavy atom. The van der Waals surface area contributed by atoms with Crippen LogP contribution in [0.1, 0.15) is 29.4 Å². The Bertz CT molecular complexity index is 794. The van der Waals surface area contributed by atoms with Gasteiger partial charge in [-0.3, -0.25) is 14.4 Å². The minimum absolute atomic E-state index is 0.0295. The van der Waals surface area contributed by atoms with Gasteiger partial charge in [-0.05, 0) is 32.0 Å². The van der Waals surface area contributed by atoms with E-state index in [2.05, 4.69) is 10.6 Å². The molecular weight excluding hydrogens is 310 g/mol. The first-order valence-electron chi connectivity index (χ1n) is 7.66. The SMILES string of the molecule is Cc1ccc2c(c1)cc(C(=O)NC(C)C(=O)NCCC(=O)O)n2C. The molecule has 0 aliphatic carbocycles. The van der Waals surface area contributed by atoms with E-state index in [0.29, 0.717) is 5.69 Å². The van der Waals surface area contributed by atoms with E-state index < -0.39 is 17.9 Å². The van der Waals surface area contributed by atoms with Gasteiger partial charge in [0.15, 0.2) is 0 Å². The van der Waals surface area contributed by atoms with Crippen molar-refractivity contribution in [2.75, 3.05) is 6.54 Å². The predicted molar refractivity (Wildman–Crippen MR) is 89.8 cm³/mol. The number of rotatable bonds is 6. The van der Waals surface area contributed by atoms with Gasteiger partial charge in [-0.2, -0.15) is 0 Å². The van der Waals surface area contributed by atoms with E-state index in [9.17, 15) is 14.4 Å². The zero-order valence-corrected chi connectivity index (χ0v) is 13.9. The highest BCUT2D eigenvalue weighted by Crippen LogP contribution is 2.20. The zero-order chi connectivity index (χ0) is 17.9. The number of aromatic nitrogens is 1. The van der Waals surface area contributed by atoms with Crippen LogP contribution in [-0.4, -0.2) is 40.0 Å². The van der Waals surface area contributed by atoms with Crippen molar-refractivity contribution in [1.29, 1.82) is 0 Å². The summed E-state index contributed by atoms with van der Waals surface area (Å²) in [5.74, 6) is -1.76. The first-order valence-corrected chi connectivity index (χ1v) is 7.66. The van der Waals surface area contributed by atoms with Crippen LogP contribution < -0.4 is 10.6 Å². The Kier molecular flexibility index (Phi) is 5.23. The predicted octanol–water partition coefficient (Wildman–Crippen LogP) is 1.20. The Morgan fingerprint density at radius 3 is 2.62 bits per heavy atom. The molecule has 0 fully saturated rings. The summed E-state index contributed by atoms with van der Waals surface area (Å²) in [7, 11) is 1.80. The van der Waals surface area contributed by atoms with Gasteiger partial charge in [0.2, 0.25) is 5.91 Å². The van der Waals surface area contributed by atoms with Gasteiger partial charge in [0, 0.05) is 24.5 Å². The standard InChI is InChI=1S/C17H21N3O4/c1-10-4-5-13-12(8-10)9-14(20(13)3)17(24)19-11(2)16(23)18-7-6-15(21)22/h4-5,8-9,11H,6-7H2,1-3H3,(H,18,23)(H,19,24)(H,21,22). The fraction of sp³-hybridized carbons (Fsp3) is 0.353. The van der Waals surface area contributed by atoms with Gasteiger partial charge in [0.05, 0.1) is 6.42 Å². The van der Waals surface area contributed by atoms with Crippen LogP contribution in [0.5, 0.6) is 0 Å². The van der Waals surface area contributed by atoms with Gasteiger partial charge in [0.25, 0.3) is 5.91 Å². The van der Waals surface area contributed by atoms with Crippen molar-refractivity contribution in [3.05, 3.63) is 35.5 Å². The quantitative estimate of drug-likeness (QED) is 0.740. The summed E-state index contributed by atoms with van der Waals surface area (Å²) in [6.07, 6.45) is -0.158. The number of carboxylic acids is 1. The molecule has 1 unspecified atom stereocenters. The lowest BCUT2D eigenvalue weighted by molar-refractivity contribution is -0.137. The Labute approximate surface area is 139 Å². The number of benzene rings is 1. The highest BCUT2D eigenvalue weighted by molar-refractivity contribution is 6.00. The van der Waals surface area contributed by atoms with Gasteiger partial charge in [-0.15, -0.1) is 0 Å². The lowest BCUT2D eigenvalue weighted by atomic mass is 10.2. The van der Waals surface area contributed by atoms with Crippen LogP contribution in [0, 0.1) is 6.92 Å². The lowest BCUT2D eigenvalue weighted by Crippen LogP contribution is -2.45. The molecule has 0 saturated heterocycles. The number of nitrogens with one attached hydrogen (secondary N) is 2. The van der Waals surface area contributed by atoms with Gasteiger partial charge >= 0.3 is 5.97 Å². The molecule has 0 saturated carbocycles. The molecule has 24 heavy (non-hydrogen) atoms. The second-order valence-corrected chi connectivity index (χ2v) is 5.78. The molecule has 128 valence electrons. The molecule has 1 heterocycles. The monoisotopic (exact) mass is 331 g/mol. The molecule has 0 aliphatic rings. The summed E-state index contributed by atoms with van der Waals surface area (Å²) >= 11 is 0. The molecule has 0 bridgehead atoms. The van der Waals surface area contributed by atoms with Crippen molar-refractivity contribution in [1.82, 2.24) is 15.2 Å². The number of aliphatic carboxylic acids is 1. The molecule has 1 atom stereocenters. The highest BCUT2D eigenvalue weighted by Gasteiger charge is 2.19. The van der Waals surface area contributed by atoms with Crippen LogP contribution >= 0.6 is 0 Å². The van der Waals surface area contributed by atoms with E-state index in [1.54, 1.807) is 24.6 Å². The third-order valence-corrected chi connectivity index (χ3v) is 3.81. The topological polar surface area (TPSA) is 100 Å². The van der Waals surface area contributed by atoms with Crippen LogP contribution in [-0.2, 0) is 16.6 Å². The number of fused-ring (bicyclic) bond motifs is 1. The summed E-state index contributed by atoms with van der Waals surface area (Å²) in [6, 6.07) is 6.94. The van der Waals surface area contributed by atoms with Gasteiger partial charge in [0.1, 0.15) is 11.7 Å². The molecule has 0 spiro atoms. The average Bonchev–Trinajstić information content (AvgIpc) is 2.83. The number of aryl methyl sites for hydroxylation is 2. The second kappa shape index (κ2) is 7.16. The summed E-state index contributed by atoms with van der Waals surface area (Å²) in [4.78, 5) is 34.7. The number of carboxylic acid groups (broad SMARTS) is 1. The molecule has 3 N–H and O–H groups in total. The van der Waals surface area contributed by atoms with Crippen LogP contribution in [0.25, 0.3) is 10.9 Å². The minimum atomic E-state index is -0.988. The maximum absolute atomic E-state index is 12.4. The van der Waals surface area contributed by atoms with E-state index in [1.165, 1.54) is 0 Å². The molecule has 0 radical (unpaired) electrons.